The second-order valence-corrected chi connectivity index (χ2v) is 5.85. The van der Waals surface area contributed by atoms with Crippen molar-refractivity contribution in [2.75, 3.05) is 0 Å². The molecule has 1 atom stereocenters. The van der Waals surface area contributed by atoms with Gasteiger partial charge in [-0.15, -0.1) is 0 Å². The van der Waals surface area contributed by atoms with Gasteiger partial charge in [-0.05, 0) is 26.0 Å². The third kappa shape index (κ3) is 2.75. The largest absolute Gasteiger partial charge is 0.377 e. The van der Waals surface area contributed by atoms with Crippen LogP contribution in [0.15, 0.2) is 35.4 Å². The van der Waals surface area contributed by atoms with E-state index in [1.54, 1.807) is 0 Å². The lowest BCUT2D eigenvalue weighted by atomic mass is 9.82. The lowest BCUT2D eigenvalue weighted by Gasteiger charge is -2.36. The van der Waals surface area contributed by atoms with Crippen molar-refractivity contribution in [3.05, 3.63) is 65.1 Å². The molecule has 1 unspecified atom stereocenters. The monoisotopic (exact) mass is 370 g/mol. The Morgan fingerprint density at radius 2 is 1.96 bits per heavy atom. The van der Waals surface area contributed by atoms with E-state index in [0.29, 0.717) is 6.07 Å². The van der Waals surface area contributed by atoms with Crippen LogP contribution in [0.2, 0.25) is 0 Å². The van der Waals surface area contributed by atoms with Crippen LogP contribution in [-0.2, 0) is 18.1 Å². The molecule has 2 aromatic heterocycles. The molecule has 0 saturated carbocycles. The molecule has 10 heteroatoms. The topological polar surface area (TPSA) is 77.0 Å². The Bertz CT molecular complexity index is 907. The first-order valence-corrected chi connectivity index (χ1v) is 7.48. The predicted molar refractivity (Wildman–Crippen MR) is 80.1 cm³/mol. The molecule has 0 fully saturated rings. The maximum Gasteiger partial charge on any atom is 0.312 e. The van der Waals surface area contributed by atoms with E-state index in [1.165, 1.54) is 13.8 Å². The number of benzene rings is 1. The average molecular weight is 370 g/mol. The van der Waals surface area contributed by atoms with Crippen LogP contribution in [0, 0.1) is 25.5 Å². The molecule has 0 aliphatic carbocycles. The van der Waals surface area contributed by atoms with Gasteiger partial charge in [0.25, 0.3) is 0 Å². The van der Waals surface area contributed by atoms with Crippen molar-refractivity contribution in [1.29, 1.82) is 0 Å². The first kappa shape index (κ1) is 18.1. The molecule has 6 nitrogen and oxygen atoms in total. The van der Waals surface area contributed by atoms with Crippen LogP contribution in [0.25, 0.3) is 0 Å². The van der Waals surface area contributed by atoms with Crippen LogP contribution in [0.4, 0.5) is 17.6 Å². The standard InChI is InChI=1S/C16H14F4N4O2/c1-9-14(10(2)26-23-9)16(19,20)15(25,6-24-8-21-7-22-24)12-4-3-11(17)5-13(12)18/h3-5,7-8,25H,6H2,1-2H3. The fourth-order valence-corrected chi connectivity index (χ4v) is 2.87. The summed E-state index contributed by atoms with van der Waals surface area (Å²) in [6.45, 7) is 1.68. The molecular formula is C16H14F4N4O2. The number of hydrogen-bond acceptors (Lipinski definition) is 5. The van der Waals surface area contributed by atoms with Crippen molar-refractivity contribution in [2.24, 2.45) is 0 Å². The van der Waals surface area contributed by atoms with Crippen LogP contribution >= 0.6 is 0 Å². The molecular weight excluding hydrogens is 356 g/mol. The molecule has 0 radical (unpaired) electrons. The molecule has 0 aliphatic heterocycles. The van der Waals surface area contributed by atoms with Gasteiger partial charge in [0.15, 0.2) is 5.60 Å². The number of hydrogen-bond donors (Lipinski definition) is 1. The fraction of sp³-hybridized carbons (Fsp3) is 0.312. The highest BCUT2D eigenvalue weighted by molar-refractivity contribution is 5.36. The maximum atomic E-state index is 15.4. The number of aromatic nitrogens is 4. The Labute approximate surface area is 145 Å². The Kier molecular flexibility index (Phi) is 4.31. The van der Waals surface area contributed by atoms with E-state index in [-0.39, 0.29) is 11.5 Å². The van der Waals surface area contributed by atoms with Crippen molar-refractivity contribution < 1.29 is 27.2 Å². The summed E-state index contributed by atoms with van der Waals surface area (Å²) in [6, 6.07) is 1.98. The molecule has 0 saturated heterocycles. The van der Waals surface area contributed by atoms with Gasteiger partial charge in [-0.3, -0.25) is 0 Å². The molecule has 138 valence electrons. The van der Waals surface area contributed by atoms with Crippen molar-refractivity contribution in [3.8, 4) is 0 Å². The van der Waals surface area contributed by atoms with Crippen molar-refractivity contribution in [3.63, 3.8) is 0 Å². The molecule has 0 spiro atoms. The lowest BCUT2D eigenvalue weighted by Crippen LogP contribution is -2.48. The number of nitrogens with zero attached hydrogens (tertiary/aromatic N) is 4. The van der Waals surface area contributed by atoms with E-state index in [2.05, 4.69) is 15.2 Å². The minimum atomic E-state index is -4.04. The summed E-state index contributed by atoms with van der Waals surface area (Å²) in [5.41, 5.74) is -4.74. The molecule has 1 aromatic carbocycles. The van der Waals surface area contributed by atoms with Crippen molar-refractivity contribution in [2.45, 2.75) is 31.9 Å². The van der Waals surface area contributed by atoms with Crippen LogP contribution in [0.3, 0.4) is 0 Å². The lowest BCUT2D eigenvalue weighted by molar-refractivity contribution is -0.206. The Hall–Kier alpha value is -2.75. The van der Waals surface area contributed by atoms with E-state index in [4.69, 9.17) is 4.52 Å². The third-order valence-corrected chi connectivity index (χ3v) is 4.10. The molecule has 1 N–H and O–H groups in total. The van der Waals surface area contributed by atoms with Crippen LogP contribution in [0.1, 0.15) is 22.6 Å². The molecule has 3 rings (SSSR count). The summed E-state index contributed by atoms with van der Waals surface area (Å²) in [5, 5.41) is 18.2. The van der Waals surface area contributed by atoms with Gasteiger partial charge in [0, 0.05) is 11.6 Å². The highest BCUT2D eigenvalue weighted by Crippen LogP contribution is 2.49. The number of alkyl halides is 2. The van der Waals surface area contributed by atoms with Crippen LogP contribution in [0.5, 0.6) is 0 Å². The summed E-state index contributed by atoms with van der Waals surface area (Å²) in [4.78, 5) is 3.63. The quantitative estimate of drug-likeness (QED) is 0.699. The second-order valence-electron chi connectivity index (χ2n) is 5.85. The van der Waals surface area contributed by atoms with E-state index < -0.39 is 40.8 Å². The first-order valence-electron chi connectivity index (χ1n) is 7.48. The Morgan fingerprint density at radius 3 is 2.50 bits per heavy atom. The van der Waals surface area contributed by atoms with Gasteiger partial charge in [0.2, 0.25) is 0 Å². The Morgan fingerprint density at radius 1 is 1.23 bits per heavy atom. The average Bonchev–Trinajstić information content (AvgIpc) is 3.16. The second kappa shape index (κ2) is 6.20. The highest BCUT2D eigenvalue weighted by Gasteiger charge is 2.59. The van der Waals surface area contributed by atoms with Gasteiger partial charge in [-0.1, -0.05) is 5.16 Å². The summed E-state index contributed by atoms with van der Waals surface area (Å²) in [6.07, 6.45) is 2.17. The van der Waals surface area contributed by atoms with Gasteiger partial charge in [-0.2, -0.15) is 13.9 Å². The van der Waals surface area contributed by atoms with Crippen LogP contribution in [-0.4, -0.2) is 25.0 Å². The predicted octanol–water partition coefficient (Wildman–Crippen LogP) is 2.84. The molecule has 0 bridgehead atoms. The Balaban J connectivity index is 2.23. The summed E-state index contributed by atoms with van der Waals surface area (Å²) in [5.74, 6) is -6.55. The smallest absolute Gasteiger partial charge is 0.312 e. The van der Waals surface area contributed by atoms with Gasteiger partial charge in [0.05, 0.1) is 17.8 Å². The highest BCUT2D eigenvalue weighted by atomic mass is 19.3. The SMILES string of the molecule is Cc1noc(C)c1C(F)(F)C(O)(Cn1cncn1)c1ccc(F)cc1F. The summed E-state index contributed by atoms with van der Waals surface area (Å²) in [7, 11) is 0. The van der Waals surface area contributed by atoms with Crippen LogP contribution < -0.4 is 0 Å². The van der Waals surface area contributed by atoms with E-state index in [9.17, 15) is 13.9 Å². The zero-order valence-corrected chi connectivity index (χ0v) is 13.8. The molecule has 0 amide bonds. The van der Waals surface area contributed by atoms with Gasteiger partial charge in [0.1, 0.15) is 30.0 Å². The van der Waals surface area contributed by atoms with E-state index in [1.807, 2.05) is 0 Å². The van der Waals surface area contributed by atoms with Gasteiger partial charge in [-0.25, -0.2) is 18.4 Å². The number of aryl methyl sites for hydroxylation is 2. The van der Waals surface area contributed by atoms with E-state index in [0.717, 1.165) is 29.5 Å². The van der Waals surface area contributed by atoms with Gasteiger partial charge < -0.3 is 9.63 Å². The van der Waals surface area contributed by atoms with Gasteiger partial charge >= 0.3 is 5.92 Å². The fourth-order valence-electron chi connectivity index (χ4n) is 2.87. The normalized spacial score (nSPS) is 14.4. The summed E-state index contributed by atoms with van der Waals surface area (Å²) >= 11 is 0. The first-order chi connectivity index (χ1) is 12.2. The minimum Gasteiger partial charge on any atom is -0.377 e. The van der Waals surface area contributed by atoms with Crippen molar-refractivity contribution in [1.82, 2.24) is 19.9 Å². The molecule has 2 heterocycles. The maximum absolute atomic E-state index is 15.4. The molecule has 26 heavy (non-hydrogen) atoms. The number of rotatable bonds is 5. The minimum absolute atomic E-state index is 0.160. The van der Waals surface area contributed by atoms with E-state index >= 15 is 8.78 Å². The molecule has 0 aliphatic rings. The zero-order chi connectivity index (χ0) is 19.1. The third-order valence-electron chi connectivity index (χ3n) is 4.10. The number of aliphatic hydroxyl groups is 1. The zero-order valence-electron chi connectivity index (χ0n) is 13.8. The number of halogens is 4. The molecule has 3 aromatic rings. The summed E-state index contributed by atoms with van der Waals surface area (Å²) < 4.78 is 64.2. The van der Waals surface area contributed by atoms with Crippen molar-refractivity contribution >= 4 is 0 Å².